The number of carbonyl (C=O) groups is 1. The number of methoxy groups -OCH3 is 1. The number of para-hydroxylation sites is 1. The van der Waals surface area contributed by atoms with E-state index in [2.05, 4.69) is 0 Å². The molecular formula is C15H17NO3. The number of rotatable bonds is 4. The van der Waals surface area contributed by atoms with Crippen LogP contribution in [0.25, 0.3) is 11.0 Å². The van der Waals surface area contributed by atoms with E-state index in [1.54, 1.807) is 20.1 Å². The first-order valence-corrected chi connectivity index (χ1v) is 6.11. The molecule has 1 atom stereocenters. The van der Waals surface area contributed by atoms with Gasteiger partial charge in [-0.05, 0) is 19.1 Å². The second-order valence-electron chi connectivity index (χ2n) is 4.36. The molecule has 1 amide bonds. The van der Waals surface area contributed by atoms with Crippen LogP contribution in [0.3, 0.4) is 0 Å². The number of furan rings is 1. The minimum Gasteiger partial charge on any atom is -0.493 e. The molecule has 1 aromatic carbocycles. The number of carbonyl (C=O) groups excluding carboxylic acids is 1. The standard InChI is InChI=1S/C15H17NO3/c1-4-11(15(16)17)9(2)13-8-10-6-5-7-12(18-3)14(10)19-13/h4-9H,1-3H3,(H2,16,17)/b11-4+. The molecule has 2 N–H and O–H groups in total. The summed E-state index contributed by atoms with van der Waals surface area (Å²) in [4.78, 5) is 11.4. The summed E-state index contributed by atoms with van der Waals surface area (Å²) < 4.78 is 11.1. The number of benzene rings is 1. The maximum atomic E-state index is 11.4. The lowest BCUT2D eigenvalue weighted by Gasteiger charge is -2.09. The van der Waals surface area contributed by atoms with E-state index in [4.69, 9.17) is 14.9 Å². The van der Waals surface area contributed by atoms with Crippen LogP contribution in [0.15, 0.2) is 40.3 Å². The van der Waals surface area contributed by atoms with Crippen LogP contribution in [0.5, 0.6) is 5.75 Å². The molecule has 0 aliphatic rings. The van der Waals surface area contributed by atoms with Crippen molar-refractivity contribution in [2.24, 2.45) is 5.73 Å². The molecule has 0 fully saturated rings. The van der Waals surface area contributed by atoms with Crippen molar-refractivity contribution < 1.29 is 13.9 Å². The maximum absolute atomic E-state index is 11.4. The normalized spacial score (nSPS) is 13.5. The van der Waals surface area contributed by atoms with Crippen LogP contribution in [-0.2, 0) is 4.79 Å². The molecule has 0 saturated carbocycles. The van der Waals surface area contributed by atoms with Crippen molar-refractivity contribution in [2.75, 3.05) is 7.11 Å². The Kier molecular flexibility index (Phi) is 3.60. The van der Waals surface area contributed by atoms with E-state index in [0.717, 1.165) is 5.39 Å². The zero-order chi connectivity index (χ0) is 14.0. The Bertz CT molecular complexity index is 640. The van der Waals surface area contributed by atoms with E-state index in [-0.39, 0.29) is 5.92 Å². The first-order chi connectivity index (χ1) is 9.08. The van der Waals surface area contributed by atoms with Gasteiger partial charge in [0.1, 0.15) is 5.76 Å². The average molecular weight is 259 g/mol. The number of nitrogens with two attached hydrogens (primary N) is 1. The minimum atomic E-state index is -0.428. The molecular weight excluding hydrogens is 242 g/mol. The molecule has 19 heavy (non-hydrogen) atoms. The van der Waals surface area contributed by atoms with Gasteiger partial charge < -0.3 is 14.9 Å². The molecule has 4 nitrogen and oxygen atoms in total. The number of fused-ring (bicyclic) bond motifs is 1. The van der Waals surface area contributed by atoms with E-state index in [0.29, 0.717) is 22.7 Å². The number of primary amides is 1. The summed E-state index contributed by atoms with van der Waals surface area (Å²) in [6, 6.07) is 7.59. The van der Waals surface area contributed by atoms with Crippen LogP contribution < -0.4 is 10.5 Å². The molecule has 0 spiro atoms. The molecule has 1 aromatic heterocycles. The highest BCUT2D eigenvalue weighted by atomic mass is 16.5. The summed E-state index contributed by atoms with van der Waals surface area (Å²) >= 11 is 0. The van der Waals surface area contributed by atoms with E-state index >= 15 is 0 Å². The fourth-order valence-corrected chi connectivity index (χ4v) is 2.19. The third kappa shape index (κ3) is 2.34. The van der Waals surface area contributed by atoms with Gasteiger partial charge in [-0.3, -0.25) is 4.79 Å². The maximum Gasteiger partial charge on any atom is 0.245 e. The van der Waals surface area contributed by atoms with Crippen molar-refractivity contribution >= 4 is 16.9 Å². The Morgan fingerprint density at radius 1 is 1.47 bits per heavy atom. The predicted octanol–water partition coefficient (Wildman–Crippen LogP) is 2.98. The molecule has 1 unspecified atom stereocenters. The van der Waals surface area contributed by atoms with Gasteiger partial charge in [-0.2, -0.15) is 0 Å². The first kappa shape index (κ1) is 13.2. The summed E-state index contributed by atoms with van der Waals surface area (Å²) in [5.74, 6) is 0.769. The predicted molar refractivity (Wildman–Crippen MR) is 74.1 cm³/mol. The van der Waals surface area contributed by atoms with Crippen LogP contribution in [-0.4, -0.2) is 13.0 Å². The lowest BCUT2D eigenvalue weighted by molar-refractivity contribution is -0.114. The molecule has 2 rings (SSSR count). The third-order valence-electron chi connectivity index (χ3n) is 3.24. The molecule has 0 aliphatic carbocycles. The minimum absolute atomic E-state index is 0.181. The Morgan fingerprint density at radius 2 is 2.21 bits per heavy atom. The van der Waals surface area contributed by atoms with Gasteiger partial charge in [0.2, 0.25) is 5.91 Å². The fourth-order valence-electron chi connectivity index (χ4n) is 2.19. The molecule has 0 radical (unpaired) electrons. The van der Waals surface area contributed by atoms with E-state index < -0.39 is 5.91 Å². The monoisotopic (exact) mass is 259 g/mol. The van der Waals surface area contributed by atoms with Crippen molar-refractivity contribution in [3.05, 3.63) is 41.7 Å². The number of hydrogen-bond donors (Lipinski definition) is 1. The second kappa shape index (κ2) is 5.18. The topological polar surface area (TPSA) is 65.5 Å². The smallest absolute Gasteiger partial charge is 0.245 e. The van der Waals surface area contributed by atoms with Gasteiger partial charge in [-0.25, -0.2) is 0 Å². The summed E-state index contributed by atoms with van der Waals surface area (Å²) in [5, 5.41) is 0.945. The van der Waals surface area contributed by atoms with Crippen molar-refractivity contribution in [1.82, 2.24) is 0 Å². The Morgan fingerprint density at radius 3 is 2.79 bits per heavy atom. The Balaban J connectivity index is 2.49. The summed E-state index contributed by atoms with van der Waals surface area (Å²) in [6.45, 7) is 3.68. The Labute approximate surface area is 111 Å². The van der Waals surface area contributed by atoms with Crippen molar-refractivity contribution in [1.29, 1.82) is 0 Å². The van der Waals surface area contributed by atoms with Crippen molar-refractivity contribution in [2.45, 2.75) is 19.8 Å². The molecule has 1 heterocycles. The average Bonchev–Trinajstić information content (AvgIpc) is 2.82. The highest BCUT2D eigenvalue weighted by Gasteiger charge is 2.20. The zero-order valence-electron chi connectivity index (χ0n) is 11.3. The van der Waals surface area contributed by atoms with Gasteiger partial charge >= 0.3 is 0 Å². The second-order valence-corrected chi connectivity index (χ2v) is 4.36. The van der Waals surface area contributed by atoms with Crippen LogP contribution in [0.4, 0.5) is 0 Å². The molecule has 0 bridgehead atoms. The van der Waals surface area contributed by atoms with E-state index in [1.807, 2.05) is 31.2 Å². The van der Waals surface area contributed by atoms with E-state index in [9.17, 15) is 4.79 Å². The Hall–Kier alpha value is -2.23. The lowest BCUT2D eigenvalue weighted by Crippen LogP contribution is -2.17. The summed E-state index contributed by atoms with van der Waals surface area (Å²) in [5.41, 5.74) is 6.59. The van der Waals surface area contributed by atoms with Crippen LogP contribution in [0.1, 0.15) is 25.5 Å². The highest BCUT2D eigenvalue weighted by Crippen LogP contribution is 2.33. The van der Waals surface area contributed by atoms with Gasteiger partial charge in [0.15, 0.2) is 11.3 Å². The van der Waals surface area contributed by atoms with Gasteiger partial charge in [0.05, 0.1) is 7.11 Å². The summed E-state index contributed by atoms with van der Waals surface area (Å²) in [7, 11) is 1.60. The summed E-state index contributed by atoms with van der Waals surface area (Å²) in [6.07, 6.45) is 1.72. The first-order valence-electron chi connectivity index (χ1n) is 6.11. The van der Waals surface area contributed by atoms with Gasteiger partial charge in [-0.1, -0.05) is 25.1 Å². The van der Waals surface area contributed by atoms with Crippen LogP contribution in [0.2, 0.25) is 0 Å². The van der Waals surface area contributed by atoms with Crippen molar-refractivity contribution in [3.63, 3.8) is 0 Å². The van der Waals surface area contributed by atoms with Crippen molar-refractivity contribution in [3.8, 4) is 5.75 Å². The molecule has 0 saturated heterocycles. The van der Waals surface area contributed by atoms with Crippen LogP contribution >= 0.6 is 0 Å². The SMILES string of the molecule is C/C=C(/C(N)=O)C(C)c1cc2cccc(OC)c2o1. The largest absolute Gasteiger partial charge is 0.493 e. The van der Waals surface area contributed by atoms with Gasteiger partial charge in [0.25, 0.3) is 0 Å². The number of ether oxygens (including phenoxy) is 1. The molecule has 0 aliphatic heterocycles. The zero-order valence-corrected chi connectivity index (χ0v) is 11.3. The van der Waals surface area contributed by atoms with Gasteiger partial charge in [-0.15, -0.1) is 0 Å². The molecule has 100 valence electrons. The highest BCUT2D eigenvalue weighted by molar-refractivity contribution is 5.93. The number of allylic oxidation sites excluding steroid dienone is 1. The van der Waals surface area contributed by atoms with E-state index in [1.165, 1.54) is 0 Å². The fraction of sp³-hybridized carbons (Fsp3) is 0.267. The quantitative estimate of drug-likeness (QED) is 0.858. The number of hydrogen-bond acceptors (Lipinski definition) is 3. The van der Waals surface area contributed by atoms with Crippen LogP contribution in [0, 0.1) is 0 Å². The number of amides is 1. The molecule has 4 heteroatoms. The molecule has 2 aromatic rings. The third-order valence-corrected chi connectivity index (χ3v) is 3.24. The van der Waals surface area contributed by atoms with Gasteiger partial charge in [0, 0.05) is 16.9 Å². The lowest BCUT2D eigenvalue weighted by atomic mass is 9.97.